The van der Waals surface area contributed by atoms with Gasteiger partial charge in [0.1, 0.15) is 0 Å². The van der Waals surface area contributed by atoms with Crippen molar-refractivity contribution in [3.63, 3.8) is 0 Å². The van der Waals surface area contributed by atoms with Crippen LogP contribution in [-0.2, 0) is 16.1 Å². The number of carbonyl (C=O) groups excluding carboxylic acids is 2. The van der Waals surface area contributed by atoms with Gasteiger partial charge in [-0.2, -0.15) is 0 Å². The highest BCUT2D eigenvalue weighted by atomic mass is 16.5. The van der Waals surface area contributed by atoms with E-state index in [-0.39, 0.29) is 12.5 Å². The summed E-state index contributed by atoms with van der Waals surface area (Å²) < 4.78 is 4.97. The van der Waals surface area contributed by atoms with Gasteiger partial charge in [-0.05, 0) is 39.4 Å². The first-order valence-corrected chi connectivity index (χ1v) is 8.85. The standard InChI is InChI=1S/C20H27N3O3/c1-6-23(7-2)18(24)13-22(4)12-17-19(20(25)26-5)14(3)15-10-8-9-11-16(15)21-17/h8-11H,6-7,12-13H2,1-5H3. The minimum Gasteiger partial charge on any atom is -0.465 e. The third-order valence-corrected chi connectivity index (χ3v) is 4.56. The number of hydrogen-bond donors (Lipinski definition) is 0. The molecule has 1 heterocycles. The second-order valence-electron chi connectivity index (χ2n) is 6.31. The van der Waals surface area contributed by atoms with Gasteiger partial charge in [-0.1, -0.05) is 18.2 Å². The number of methoxy groups -OCH3 is 1. The maximum absolute atomic E-state index is 12.3. The zero-order chi connectivity index (χ0) is 19.3. The smallest absolute Gasteiger partial charge is 0.340 e. The molecule has 0 saturated carbocycles. The van der Waals surface area contributed by atoms with Gasteiger partial charge in [-0.15, -0.1) is 0 Å². The van der Waals surface area contributed by atoms with Crippen LogP contribution in [0.2, 0.25) is 0 Å². The highest BCUT2D eigenvalue weighted by Crippen LogP contribution is 2.24. The van der Waals surface area contributed by atoms with Crippen molar-refractivity contribution in [2.24, 2.45) is 0 Å². The zero-order valence-electron chi connectivity index (χ0n) is 16.2. The number of carbonyl (C=O) groups is 2. The summed E-state index contributed by atoms with van der Waals surface area (Å²) in [6.45, 7) is 7.86. The lowest BCUT2D eigenvalue weighted by atomic mass is 10.0. The van der Waals surface area contributed by atoms with Crippen molar-refractivity contribution in [1.82, 2.24) is 14.8 Å². The molecule has 6 heteroatoms. The molecule has 0 saturated heterocycles. The second kappa shape index (κ2) is 8.76. The lowest BCUT2D eigenvalue weighted by molar-refractivity contribution is -0.131. The normalized spacial score (nSPS) is 11.0. The number of aromatic nitrogens is 1. The van der Waals surface area contributed by atoms with Gasteiger partial charge in [0.05, 0.1) is 30.4 Å². The minimum absolute atomic E-state index is 0.0645. The van der Waals surface area contributed by atoms with E-state index in [0.717, 1.165) is 16.5 Å². The van der Waals surface area contributed by atoms with Crippen molar-refractivity contribution in [1.29, 1.82) is 0 Å². The van der Waals surface area contributed by atoms with Crippen molar-refractivity contribution in [2.45, 2.75) is 27.3 Å². The van der Waals surface area contributed by atoms with Crippen LogP contribution in [0.4, 0.5) is 0 Å². The van der Waals surface area contributed by atoms with E-state index in [0.29, 0.717) is 30.9 Å². The Labute approximate surface area is 154 Å². The molecule has 2 aromatic rings. The van der Waals surface area contributed by atoms with Gasteiger partial charge >= 0.3 is 5.97 Å². The van der Waals surface area contributed by atoms with Gasteiger partial charge < -0.3 is 9.64 Å². The van der Waals surface area contributed by atoms with Crippen LogP contribution >= 0.6 is 0 Å². The van der Waals surface area contributed by atoms with Crippen LogP contribution < -0.4 is 0 Å². The predicted molar refractivity (Wildman–Crippen MR) is 102 cm³/mol. The number of aryl methyl sites for hydroxylation is 1. The maximum Gasteiger partial charge on any atom is 0.340 e. The summed E-state index contributed by atoms with van der Waals surface area (Å²) in [6, 6.07) is 7.71. The van der Waals surface area contributed by atoms with E-state index in [1.807, 2.05) is 57.0 Å². The Hall–Kier alpha value is -2.47. The van der Waals surface area contributed by atoms with Gasteiger partial charge in [0.15, 0.2) is 0 Å². The first-order chi connectivity index (χ1) is 12.4. The highest BCUT2D eigenvalue weighted by Gasteiger charge is 2.21. The number of esters is 1. The number of ether oxygens (including phenoxy) is 1. The van der Waals surface area contributed by atoms with Gasteiger partial charge in [0.2, 0.25) is 5.91 Å². The number of rotatable bonds is 7. The number of benzene rings is 1. The van der Waals surface area contributed by atoms with Crippen LogP contribution in [0.25, 0.3) is 10.9 Å². The van der Waals surface area contributed by atoms with E-state index in [4.69, 9.17) is 4.74 Å². The van der Waals surface area contributed by atoms with E-state index < -0.39 is 5.97 Å². The van der Waals surface area contributed by atoms with Gasteiger partial charge in [-0.25, -0.2) is 4.79 Å². The number of likely N-dealkylation sites (N-methyl/N-ethyl adjacent to an activating group) is 2. The lowest BCUT2D eigenvalue weighted by Crippen LogP contribution is -2.38. The summed E-state index contributed by atoms with van der Waals surface area (Å²) in [5.74, 6) is -0.339. The van der Waals surface area contributed by atoms with Crippen molar-refractivity contribution < 1.29 is 14.3 Å². The van der Waals surface area contributed by atoms with Crippen LogP contribution in [0.15, 0.2) is 24.3 Å². The molecule has 0 unspecified atom stereocenters. The summed E-state index contributed by atoms with van der Waals surface area (Å²) in [7, 11) is 3.23. The molecule has 0 atom stereocenters. The van der Waals surface area contributed by atoms with Gasteiger partial charge in [0, 0.05) is 25.0 Å². The molecule has 0 bridgehead atoms. The van der Waals surface area contributed by atoms with Crippen LogP contribution in [0, 0.1) is 6.92 Å². The summed E-state index contributed by atoms with van der Waals surface area (Å²) in [5.41, 5.74) is 2.79. The van der Waals surface area contributed by atoms with Crippen molar-refractivity contribution in [2.75, 3.05) is 33.8 Å². The molecule has 6 nitrogen and oxygen atoms in total. The molecule has 0 radical (unpaired) electrons. The summed E-state index contributed by atoms with van der Waals surface area (Å²) in [5, 5.41) is 0.929. The molecule has 140 valence electrons. The van der Waals surface area contributed by atoms with Crippen molar-refractivity contribution >= 4 is 22.8 Å². The Bertz CT molecular complexity index is 800. The van der Waals surface area contributed by atoms with E-state index in [9.17, 15) is 9.59 Å². The quantitative estimate of drug-likeness (QED) is 0.713. The number of pyridine rings is 1. The molecule has 1 aromatic carbocycles. The topological polar surface area (TPSA) is 62.7 Å². The zero-order valence-corrected chi connectivity index (χ0v) is 16.2. The Morgan fingerprint density at radius 1 is 1.15 bits per heavy atom. The molecule has 1 amide bonds. The second-order valence-corrected chi connectivity index (χ2v) is 6.31. The van der Waals surface area contributed by atoms with E-state index >= 15 is 0 Å². The Morgan fingerprint density at radius 2 is 1.81 bits per heavy atom. The molecule has 26 heavy (non-hydrogen) atoms. The molecule has 1 aromatic heterocycles. The Kier molecular flexibility index (Phi) is 6.69. The molecule has 0 aliphatic carbocycles. The fourth-order valence-electron chi connectivity index (χ4n) is 3.15. The molecule has 0 spiro atoms. The van der Waals surface area contributed by atoms with Gasteiger partial charge in [-0.3, -0.25) is 14.7 Å². The van der Waals surface area contributed by atoms with E-state index in [1.165, 1.54) is 7.11 Å². The fraction of sp³-hybridized carbons (Fsp3) is 0.450. The molecule has 0 fully saturated rings. The average molecular weight is 357 g/mol. The molecule has 2 rings (SSSR count). The maximum atomic E-state index is 12.3. The lowest BCUT2D eigenvalue weighted by Gasteiger charge is -2.23. The summed E-state index contributed by atoms with van der Waals surface area (Å²) in [4.78, 5) is 33.0. The average Bonchev–Trinajstić information content (AvgIpc) is 2.62. The molecular formula is C20H27N3O3. The Balaban J connectivity index is 2.35. The van der Waals surface area contributed by atoms with E-state index in [2.05, 4.69) is 4.98 Å². The molecular weight excluding hydrogens is 330 g/mol. The van der Waals surface area contributed by atoms with Crippen LogP contribution in [-0.4, -0.2) is 60.5 Å². The SMILES string of the molecule is CCN(CC)C(=O)CN(C)Cc1nc2ccccc2c(C)c1C(=O)OC. The highest BCUT2D eigenvalue weighted by molar-refractivity contribution is 5.98. The molecule has 0 aliphatic rings. The number of nitrogens with zero attached hydrogens (tertiary/aromatic N) is 3. The Morgan fingerprint density at radius 3 is 2.42 bits per heavy atom. The van der Waals surface area contributed by atoms with Crippen LogP contribution in [0.3, 0.4) is 0 Å². The third kappa shape index (κ3) is 4.19. The van der Waals surface area contributed by atoms with Crippen LogP contribution in [0.1, 0.15) is 35.5 Å². The fourth-order valence-corrected chi connectivity index (χ4v) is 3.15. The first kappa shape index (κ1) is 19.8. The minimum atomic E-state index is -0.403. The first-order valence-electron chi connectivity index (χ1n) is 8.85. The third-order valence-electron chi connectivity index (χ3n) is 4.56. The largest absolute Gasteiger partial charge is 0.465 e. The molecule has 0 N–H and O–H groups in total. The number of hydrogen-bond acceptors (Lipinski definition) is 5. The number of para-hydroxylation sites is 1. The monoisotopic (exact) mass is 357 g/mol. The van der Waals surface area contributed by atoms with Crippen molar-refractivity contribution in [3.8, 4) is 0 Å². The number of fused-ring (bicyclic) bond motifs is 1. The van der Waals surface area contributed by atoms with E-state index in [1.54, 1.807) is 4.90 Å². The number of amides is 1. The van der Waals surface area contributed by atoms with Crippen LogP contribution in [0.5, 0.6) is 0 Å². The summed E-state index contributed by atoms with van der Waals surface area (Å²) in [6.07, 6.45) is 0. The van der Waals surface area contributed by atoms with Gasteiger partial charge in [0.25, 0.3) is 0 Å². The summed E-state index contributed by atoms with van der Waals surface area (Å²) >= 11 is 0. The van der Waals surface area contributed by atoms with Crippen molar-refractivity contribution in [3.05, 3.63) is 41.1 Å². The molecule has 0 aliphatic heterocycles. The predicted octanol–water partition coefficient (Wildman–Crippen LogP) is 2.63.